The Morgan fingerprint density at radius 1 is 1.07 bits per heavy atom. The first kappa shape index (κ1) is 22.1. The third-order valence-electron chi connectivity index (χ3n) is 4.26. The lowest BCUT2D eigenvalue weighted by molar-refractivity contribution is -0.133. The highest BCUT2D eigenvalue weighted by atomic mass is 16.5. The van der Waals surface area contributed by atoms with Crippen molar-refractivity contribution < 1.29 is 24.5 Å². The molecule has 1 aliphatic rings. The predicted molar refractivity (Wildman–Crippen MR) is 111 cm³/mol. The Kier molecular flexibility index (Phi) is 8.82. The van der Waals surface area contributed by atoms with E-state index in [1.807, 2.05) is 36.4 Å². The Morgan fingerprint density at radius 2 is 1.83 bits per heavy atom. The number of carboxylic acid groups (broad SMARTS) is 1. The monoisotopic (exact) mass is 395 g/mol. The molecular weight excluding hydrogens is 370 g/mol. The molecule has 0 amide bonds. The molecule has 2 N–H and O–H groups in total. The van der Waals surface area contributed by atoms with Gasteiger partial charge in [0.05, 0.1) is 0 Å². The van der Waals surface area contributed by atoms with Crippen LogP contribution < -0.4 is 4.74 Å². The molecule has 0 saturated carbocycles. The van der Waals surface area contributed by atoms with Gasteiger partial charge >= 0.3 is 11.9 Å². The number of hydrogen-bond acceptors (Lipinski definition) is 5. The van der Waals surface area contributed by atoms with Gasteiger partial charge in [-0.25, -0.2) is 9.59 Å². The van der Waals surface area contributed by atoms with Crippen LogP contribution in [-0.4, -0.2) is 47.3 Å². The summed E-state index contributed by atoms with van der Waals surface area (Å²) in [5.41, 5.74) is 3.48. The first-order valence-corrected chi connectivity index (χ1v) is 9.23. The van der Waals surface area contributed by atoms with Gasteiger partial charge in [-0.3, -0.25) is 4.90 Å². The molecular formula is C23H25NO5. The van der Waals surface area contributed by atoms with E-state index in [4.69, 9.17) is 14.9 Å². The van der Waals surface area contributed by atoms with Crippen LogP contribution >= 0.6 is 0 Å². The summed E-state index contributed by atoms with van der Waals surface area (Å²) in [6.45, 7) is 2.73. The van der Waals surface area contributed by atoms with E-state index in [2.05, 4.69) is 23.1 Å². The molecule has 0 radical (unpaired) electrons. The van der Waals surface area contributed by atoms with Gasteiger partial charge in [0, 0.05) is 38.9 Å². The van der Waals surface area contributed by atoms with E-state index in [0.717, 1.165) is 50.9 Å². The molecule has 2 aromatic carbocycles. The molecule has 0 aromatic heterocycles. The summed E-state index contributed by atoms with van der Waals surface area (Å²) in [5.74, 6) is -1.50. The van der Waals surface area contributed by atoms with Crippen LogP contribution in [0.25, 0.3) is 5.57 Å². The first-order chi connectivity index (χ1) is 14.1. The van der Waals surface area contributed by atoms with Gasteiger partial charge in [-0.15, -0.1) is 0 Å². The minimum Gasteiger partial charge on any atom is -0.478 e. The lowest BCUT2D eigenvalue weighted by Crippen LogP contribution is -2.29. The number of aliphatic hydroxyl groups is 1. The number of esters is 1. The van der Waals surface area contributed by atoms with Gasteiger partial charge in [-0.1, -0.05) is 48.5 Å². The van der Waals surface area contributed by atoms with Gasteiger partial charge in [0.2, 0.25) is 0 Å². The number of ether oxygens (including phenoxy) is 1. The maximum atomic E-state index is 11.7. The molecule has 152 valence electrons. The van der Waals surface area contributed by atoms with E-state index < -0.39 is 11.9 Å². The van der Waals surface area contributed by atoms with Crippen molar-refractivity contribution in [3.63, 3.8) is 0 Å². The summed E-state index contributed by atoms with van der Waals surface area (Å²) in [6.07, 6.45) is 4.84. The highest BCUT2D eigenvalue weighted by Crippen LogP contribution is 2.25. The second kappa shape index (κ2) is 11.6. The number of aliphatic carboxylic acids is 1. The van der Waals surface area contributed by atoms with E-state index in [1.165, 1.54) is 11.1 Å². The van der Waals surface area contributed by atoms with Crippen LogP contribution in [0, 0.1) is 0 Å². The van der Waals surface area contributed by atoms with Gasteiger partial charge < -0.3 is 14.9 Å². The average molecular weight is 395 g/mol. The molecule has 0 saturated heterocycles. The zero-order valence-electron chi connectivity index (χ0n) is 16.3. The summed E-state index contributed by atoms with van der Waals surface area (Å²) >= 11 is 0. The van der Waals surface area contributed by atoms with Crippen LogP contribution in [0.1, 0.15) is 17.5 Å². The average Bonchev–Trinajstić information content (AvgIpc) is 2.75. The summed E-state index contributed by atoms with van der Waals surface area (Å²) < 4.78 is 5.19. The molecule has 0 bridgehead atoms. The van der Waals surface area contributed by atoms with Crippen molar-refractivity contribution in [3.05, 3.63) is 84.0 Å². The summed E-state index contributed by atoms with van der Waals surface area (Å²) in [6, 6.07) is 17.7. The third-order valence-corrected chi connectivity index (χ3v) is 4.26. The van der Waals surface area contributed by atoms with E-state index in [1.54, 1.807) is 6.07 Å². The second-order valence-corrected chi connectivity index (χ2v) is 6.33. The lowest BCUT2D eigenvalue weighted by atomic mass is 10.0. The molecule has 0 fully saturated rings. The number of aliphatic hydroxyl groups excluding tert-OH is 1. The molecule has 6 heteroatoms. The van der Waals surface area contributed by atoms with Gasteiger partial charge in [0.25, 0.3) is 0 Å². The fourth-order valence-corrected chi connectivity index (χ4v) is 3.04. The molecule has 2 aromatic rings. The lowest BCUT2D eigenvalue weighted by Gasteiger charge is -2.27. The maximum Gasteiger partial charge on any atom is 0.336 e. The van der Waals surface area contributed by atoms with E-state index in [-0.39, 0.29) is 0 Å². The molecule has 0 unspecified atom stereocenters. The summed E-state index contributed by atoms with van der Waals surface area (Å²) in [5, 5.41) is 15.6. The molecule has 0 spiro atoms. The number of nitrogens with zero attached hydrogens (tertiary/aromatic N) is 1. The van der Waals surface area contributed by atoms with Crippen molar-refractivity contribution in [1.82, 2.24) is 4.90 Å². The number of carboxylic acids is 1. The van der Waals surface area contributed by atoms with Crippen molar-refractivity contribution >= 4 is 17.5 Å². The standard InChI is InChI=1S/C22H21NO4.CH4O/c24-21(25)11-12-22(26)27-20-10-4-8-18(14-20)19-9-5-13-23(16-19)15-17-6-2-1-3-7-17;1-2/h1-4,6-12,14H,5,13,15-16H2,(H,24,25);2H,1H3/b12-11+;. The smallest absolute Gasteiger partial charge is 0.336 e. The highest BCUT2D eigenvalue weighted by Gasteiger charge is 2.15. The molecule has 1 heterocycles. The fraction of sp³-hybridized carbons (Fsp3) is 0.217. The quantitative estimate of drug-likeness (QED) is 0.444. The van der Waals surface area contributed by atoms with E-state index in [0.29, 0.717) is 5.75 Å². The number of rotatable bonds is 6. The first-order valence-electron chi connectivity index (χ1n) is 9.23. The van der Waals surface area contributed by atoms with Crippen LogP contribution in [0.5, 0.6) is 5.75 Å². The number of carbonyl (C=O) groups is 2. The van der Waals surface area contributed by atoms with Crippen LogP contribution in [0.15, 0.2) is 72.8 Å². The van der Waals surface area contributed by atoms with Gasteiger partial charge in [-0.2, -0.15) is 0 Å². The third kappa shape index (κ3) is 7.37. The van der Waals surface area contributed by atoms with E-state index in [9.17, 15) is 9.59 Å². The zero-order chi connectivity index (χ0) is 21.1. The van der Waals surface area contributed by atoms with Gasteiger partial charge in [0.1, 0.15) is 5.75 Å². The van der Waals surface area contributed by atoms with Crippen molar-refractivity contribution in [1.29, 1.82) is 0 Å². The molecule has 6 nitrogen and oxygen atoms in total. The normalized spacial score (nSPS) is 13.9. The maximum absolute atomic E-state index is 11.7. The van der Waals surface area contributed by atoms with Crippen molar-refractivity contribution in [2.75, 3.05) is 20.2 Å². The molecule has 1 aliphatic heterocycles. The Bertz CT molecular complexity index is 874. The summed E-state index contributed by atoms with van der Waals surface area (Å²) in [7, 11) is 1.00. The fourth-order valence-electron chi connectivity index (χ4n) is 3.04. The minimum absolute atomic E-state index is 0.397. The Balaban J connectivity index is 0.00000145. The Hall–Kier alpha value is -3.22. The number of carbonyl (C=O) groups excluding carboxylic acids is 1. The van der Waals surface area contributed by atoms with Crippen molar-refractivity contribution in [2.24, 2.45) is 0 Å². The van der Waals surface area contributed by atoms with Crippen LogP contribution in [-0.2, 0) is 16.1 Å². The Labute approximate surface area is 170 Å². The van der Waals surface area contributed by atoms with Crippen LogP contribution in [0.4, 0.5) is 0 Å². The molecule has 29 heavy (non-hydrogen) atoms. The SMILES string of the molecule is CO.O=C(O)/C=C/C(=O)Oc1cccc(C2=CCCN(Cc3ccccc3)C2)c1. The topological polar surface area (TPSA) is 87.1 Å². The van der Waals surface area contributed by atoms with E-state index >= 15 is 0 Å². The number of hydrogen-bond donors (Lipinski definition) is 2. The van der Waals surface area contributed by atoms with Crippen molar-refractivity contribution in [3.8, 4) is 5.75 Å². The largest absolute Gasteiger partial charge is 0.478 e. The zero-order valence-corrected chi connectivity index (χ0v) is 16.3. The molecule has 3 rings (SSSR count). The molecule has 0 atom stereocenters. The molecule has 0 aliphatic carbocycles. The van der Waals surface area contributed by atoms with Crippen LogP contribution in [0.3, 0.4) is 0 Å². The Morgan fingerprint density at radius 3 is 2.55 bits per heavy atom. The van der Waals surface area contributed by atoms with Gasteiger partial charge in [-0.05, 0) is 35.3 Å². The summed E-state index contributed by atoms with van der Waals surface area (Å²) in [4.78, 5) is 24.5. The minimum atomic E-state index is -1.19. The van der Waals surface area contributed by atoms with Crippen molar-refractivity contribution in [2.45, 2.75) is 13.0 Å². The second-order valence-electron chi connectivity index (χ2n) is 6.33. The van der Waals surface area contributed by atoms with Crippen LogP contribution in [0.2, 0.25) is 0 Å². The predicted octanol–water partition coefficient (Wildman–Crippen LogP) is 3.13. The highest BCUT2D eigenvalue weighted by molar-refractivity contribution is 5.91. The number of benzene rings is 2. The van der Waals surface area contributed by atoms with Gasteiger partial charge in [0.15, 0.2) is 0 Å².